The zero-order chi connectivity index (χ0) is 25.0. The highest BCUT2D eigenvalue weighted by atomic mass is 35.5. The summed E-state index contributed by atoms with van der Waals surface area (Å²) in [5.41, 5.74) is 2.41. The van der Waals surface area contributed by atoms with Crippen LogP contribution in [0.15, 0.2) is 96.0 Å². The monoisotopic (exact) mass is 505 g/mol. The van der Waals surface area contributed by atoms with Crippen molar-refractivity contribution in [3.8, 4) is 11.1 Å². The lowest BCUT2D eigenvalue weighted by atomic mass is 9.96. The van der Waals surface area contributed by atoms with E-state index in [2.05, 4.69) is 10.3 Å². The van der Waals surface area contributed by atoms with Crippen molar-refractivity contribution in [2.75, 3.05) is 5.32 Å². The van der Waals surface area contributed by atoms with Gasteiger partial charge in [0.1, 0.15) is 5.82 Å². The number of sulfonamides is 1. The quantitative estimate of drug-likeness (QED) is 0.352. The third-order valence-corrected chi connectivity index (χ3v) is 6.49. The Hall–Kier alpha value is -3.85. The Kier molecular flexibility index (Phi) is 7.07. The molecule has 3 aromatic carbocycles. The summed E-state index contributed by atoms with van der Waals surface area (Å²) < 4.78 is 23.8. The highest BCUT2D eigenvalue weighted by Gasteiger charge is 2.17. The number of rotatable bonds is 7. The Labute approximate surface area is 207 Å². The standard InChI is InChI=1S/C26H20ClN3O4S/c27-20-13-14-25(29-16-20)30-26(32)22-7-2-1-5-19(22)15-23(31)18-11-9-17(10-12-18)21-6-3-4-8-24(21)35(28,33)34/h1-14,16H,15H2,(H2,28,33,34)(H,29,30,32). The molecule has 0 radical (unpaired) electrons. The van der Waals surface area contributed by atoms with Gasteiger partial charge in [-0.1, -0.05) is 72.3 Å². The SMILES string of the molecule is NS(=O)(=O)c1ccccc1-c1ccc(C(=O)Cc2ccccc2C(=O)Nc2ccc(Cl)cn2)cc1. The number of Topliss-reactive ketones (excluding diaryl/α,β-unsaturated/α-hetero) is 1. The van der Waals surface area contributed by atoms with E-state index in [9.17, 15) is 18.0 Å². The summed E-state index contributed by atoms with van der Waals surface area (Å²) in [5.74, 6) is -0.241. The van der Waals surface area contributed by atoms with Gasteiger partial charge >= 0.3 is 0 Å². The lowest BCUT2D eigenvalue weighted by molar-refractivity contribution is 0.0992. The molecule has 0 aliphatic rings. The first-order valence-corrected chi connectivity index (χ1v) is 12.4. The summed E-state index contributed by atoms with van der Waals surface area (Å²) >= 11 is 5.83. The molecule has 0 saturated carbocycles. The van der Waals surface area contributed by atoms with E-state index in [0.29, 0.717) is 38.7 Å². The number of benzene rings is 3. The predicted octanol–water partition coefficient (Wildman–Crippen LogP) is 4.73. The number of nitrogens with two attached hydrogens (primary N) is 1. The highest BCUT2D eigenvalue weighted by Crippen LogP contribution is 2.27. The van der Waals surface area contributed by atoms with E-state index in [4.69, 9.17) is 16.7 Å². The third kappa shape index (κ3) is 5.81. The first-order chi connectivity index (χ1) is 16.7. The number of anilines is 1. The van der Waals surface area contributed by atoms with Gasteiger partial charge in [0.25, 0.3) is 5.91 Å². The summed E-state index contributed by atoms with van der Waals surface area (Å²) in [6.07, 6.45) is 1.43. The number of nitrogens with zero attached hydrogens (tertiary/aromatic N) is 1. The summed E-state index contributed by atoms with van der Waals surface area (Å²) in [7, 11) is -3.90. The highest BCUT2D eigenvalue weighted by molar-refractivity contribution is 7.89. The minimum atomic E-state index is -3.90. The summed E-state index contributed by atoms with van der Waals surface area (Å²) in [5, 5.41) is 8.48. The van der Waals surface area contributed by atoms with Crippen LogP contribution in [-0.2, 0) is 16.4 Å². The molecular formula is C26H20ClN3O4S. The summed E-state index contributed by atoms with van der Waals surface area (Å²) in [4.78, 5) is 29.9. The molecule has 3 N–H and O–H groups in total. The van der Waals surface area contributed by atoms with E-state index in [1.165, 1.54) is 12.3 Å². The van der Waals surface area contributed by atoms with Gasteiger partial charge in [-0.2, -0.15) is 0 Å². The number of carbonyl (C=O) groups is 2. The van der Waals surface area contributed by atoms with Gasteiger partial charge in [0.05, 0.1) is 9.92 Å². The van der Waals surface area contributed by atoms with Gasteiger partial charge in [-0.3, -0.25) is 9.59 Å². The number of primary sulfonamides is 1. The van der Waals surface area contributed by atoms with Gasteiger partial charge in [0, 0.05) is 29.3 Å². The summed E-state index contributed by atoms with van der Waals surface area (Å²) in [6.45, 7) is 0. The second kappa shape index (κ2) is 10.2. The van der Waals surface area contributed by atoms with Crippen LogP contribution in [0.5, 0.6) is 0 Å². The molecule has 176 valence electrons. The number of hydrogen-bond acceptors (Lipinski definition) is 5. The normalized spacial score (nSPS) is 11.1. The molecule has 1 aromatic heterocycles. The molecule has 0 unspecified atom stereocenters. The molecule has 4 aromatic rings. The minimum Gasteiger partial charge on any atom is -0.307 e. The molecule has 0 aliphatic carbocycles. The molecule has 0 spiro atoms. The van der Waals surface area contributed by atoms with Crippen LogP contribution in [0.2, 0.25) is 5.02 Å². The topological polar surface area (TPSA) is 119 Å². The number of halogens is 1. The molecule has 1 heterocycles. The van der Waals surface area contributed by atoms with E-state index in [-0.39, 0.29) is 17.1 Å². The Morgan fingerprint density at radius 1 is 0.886 bits per heavy atom. The van der Waals surface area contributed by atoms with Gasteiger partial charge < -0.3 is 5.32 Å². The van der Waals surface area contributed by atoms with E-state index in [1.54, 1.807) is 78.9 Å². The van der Waals surface area contributed by atoms with Crippen molar-refractivity contribution in [1.82, 2.24) is 4.98 Å². The first kappa shape index (κ1) is 24.3. The predicted molar refractivity (Wildman–Crippen MR) is 135 cm³/mol. The van der Waals surface area contributed by atoms with Crippen molar-refractivity contribution in [1.29, 1.82) is 0 Å². The van der Waals surface area contributed by atoms with Crippen molar-refractivity contribution in [2.24, 2.45) is 5.14 Å². The van der Waals surface area contributed by atoms with Crippen LogP contribution in [0.1, 0.15) is 26.3 Å². The molecule has 9 heteroatoms. The Bertz CT molecular complexity index is 1500. The molecule has 0 atom stereocenters. The first-order valence-electron chi connectivity index (χ1n) is 10.5. The van der Waals surface area contributed by atoms with Crippen molar-refractivity contribution in [3.05, 3.63) is 113 Å². The Morgan fingerprint density at radius 3 is 2.26 bits per heavy atom. The number of carbonyl (C=O) groups excluding carboxylic acids is 2. The van der Waals surface area contributed by atoms with E-state index < -0.39 is 15.9 Å². The maximum atomic E-state index is 13.0. The van der Waals surface area contributed by atoms with Crippen molar-refractivity contribution in [3.63, 3.8) is 0 Å². The van der Waals surface area contributed by atoms with Crippen LogP contribution in [0, 0.1) is 0 Å². The van der Waals surface area contributed by atoms with E-state index in [1.807, 2.05) is 0 Å². The lowest BCUT2D eigenvalue weighted by Gasteiger charge is -2.11. The largest absolute Gasteiger partial charge is 0.307 e. The zero-order valence-electron chi connectivity index (χ0n) is 18.3. The maximum Gasteiger partial charge on any atom is 0.257 e. The van der Waals surface area contributed by atoms with Gasteiger partial charge in [-0.15, -0.1) is 0 Å². The number of amides is 1. The molecule has 0 saturated heterocycles. The van der Waals surface area contributed by atoms with Crippen LogP contribution < -0.4 is 10.5 Å². The molecular weight excluding hydrogens is 486 g/mol. The molecule has 0 aliphatic heterocycles. The van der Waals surface area contributed by atoms with Crippen LogP contribution in [0.4, 0.5) is 5.82 Å². The minimum absolute atomic E-state index is 0.00471. The van der Waals surface area contributed by atoms with Gasteiger partial charge in [-0.05, 0) is 35.4 Å². The smallest absolute Gasteiger partial charge is 0.257 e. The van der Waals surface area contributed by atoms with Crippen LogP contribution >= 0.6 is 11.6 Å². The average molecular weight is 506 g/mol. The maximum absolute atomic E-state index is 13.0. The summed E-state index contributed by atoms with van der Waals surface area (Å²) in [6, 6.07) is 23.0. The van der Waals surface area contributed by atoms with Crippen LogP contribution in [0.3, 0.4) is 0 Å². The fourth-order valence-corrected chi connectivity index (χ4v) is 4.47. The Balaban J connectivity index is 1.53. The number of ketones is 1. The fourth-order valence-electron chi connectivity index (χ4n) is 3.59. The number of hydrogen-bond donors (Lipinski definition) is 2. The van der Waals surface area contributed by atoms with Crippen LogP contribution in [-0.4, -0.2) is 25.1 Å². The third-order valence-electron chi connectivity index (χ3n) is 5.29. The fraction of sp³-hybridized carbons (Fsp3) is 0.0385. The Morgan fingerprint density at radius 2 is 1.57 bits per heavy atom. The zero-order valence-corrected chi connectivity index (χ0v) is 19.9. The van der Waals surface area contributed by atoms with Crippen molar-refractivity contribution >= 4 is 39.1 Å². The molecule has 4 rings (SSSR count). The average Bonchev–Trinajstić information content (AvgIpc) is 2.85. The molecule has 1 amide bonds. The number of aromatic nitrogens is 1. The molecule has 7 nitrogen and oxygen atoms in total. The second-order valence-corrected chi connectivity index (χ2v) is 9.66. The van der Waals surface area contributed by atoms with E-state index in [0.717, 1.165) is 0 Å². The number of pyridine rings is 1. The molecule has 0 bridgehead atoms. The van der Waals surface area contributed by atoms with Gasteiger partial charge in [0.2, 0.25) is 10.0 Å². The van der Waals surface area contributed by atoms with Gasteiger partial charge in [-0.25, -0.2) is 18.5 Å². The van der Waals surface area contributed by atoms with Crippen LogP contribution in [0.25, 0.3) is 11.1 Å². The van der Waals surface area contributed by atoms with E-state index >= 15 is 0 Å². The van der Waals surface area contributed by atoms with Crippen molar-refractivity contribution < 1.29 is 18.0 Å². The van der Waals surface area contributed by atoms with Gasteiger partial charge in [0.15, 0.2) is 5.78 Å². The van der Waals surface area contributed by atoms with Crippen molar-refractivity contribution in [2.45, 2.75) is 11.3 Å². The molecule has 0 fully saturated rings. The molecule has 35 heavy (non-hydrogen) atoms. The lowest BCUT2D eigenvalue weighted by Crippen LogP contribution is -2.16. The second-order valence-electron chi connectivity index (χ2n) is 7.69. The number of nitrogens with one attached hydrogen (secondary N) is 1.